The van der Waals surface area contributed by atoms with Crippen molar-refractivity contribution < 1.29 is 4.65 Å². The van der Waals surface area contributed by atoms with Crippen LogP contribution in [0.1, 0.15) is 61.3 Å². The predicted molar refractivity (Wildman–Crippen MR) is 123 cm³/mol. The smallest absolute Gasteiger partial charge is 0.329 e. The normalized spacial score (nSPS) is 12.0. The second kappa shape index (κ2) is 9.23. The summed E-state index contributed by atoms with van der Waals surface area (Å²) >= 11 is 1.70. The maximum Gasteiger partial charge on any atom is 0.329 e. The van der Waals surface area contributed by atoms with E-state index in [-0.39, 0.29) is 17.9 Å². The van der Waals surface area contributed by atoms with Crippen LogP contribution in [0.15, 0.2) is 36.0 Å². The average molecular weight is 399 g/mol. The lowest BCUT2D eigenvalue weighted by Gasteiger charge is -2.43. The van der Waals surface area contributed by atoms with Crippen LogP contribution in [-0.2, 0) is 4.65 Å². The minimum Gasteiger partial charge on any atom is -0.426 e. The van der Waals surface area contributed by atoms with E-state index in [4.69, 9.17) is 9.64 Å². The summed E-state index contributed by atoms with van der Waals surface area (Å²) in [7, 11) is 0. The molecule has 3 rings (SSSR count). The van der Waals surface area contributed by atoms with Crippen LogP contribution in [0.3, 0.4) is 0 Å². The highest BCUT2D eigenvalue weighted by atomic mass is 32.1. The van der Waals surface area contributed by atoms with Crippen molar-refractivity contribution in [3.05, 3.63) is 36.0 Å². The van der Waals surface area contributed by atoms with Gasteiger partial charge in [0.05, 0.1) is 16.2 Å². The third kappa shape index (κ3) is 4.66. The Bertz CT molecular complexity index is 871. The fourth-order valence-electron chi connectivity index (χ4n) is 3.33. The van der Waals surface area contributed by atoms with Crippen molar-refractivity contribution in [1.29, 1.82) is 0 Å². The molecule has 3 aromatic heterocycles. The van der Waals surface area contributed by atoms with Gasteiger partial charge in [-0.2, -0.15) is 5.10 Å². The Hall–Kier alpha value is -1.66. The molecule has 0 saturated heterocycles. The molecule has 0 amide bonds. The zero-order valence-corrected chi connectivity index (χ0v) is 19.4. The van der Waals surface area contributed by atoms with Gasteiger partial charge in [-0.3, -0.25) is 0 Å². The van der Waals surface area contributed by atoms with Gasteiger partial charge in [-0.1, -0.05) is 53.9 Å². The molecule has 0 aliphatic rings. The van der Waals surface area contributed by atoms with Crippen molar-refractivity contribution in [2.24, 2.45) is 5.41 Å². The molecule has 0 fully saturated rings. The average Bonchev–Trinajstić information content (AvgIpc) is 3.32. The van der Waals surface area contributed by atoms with Crippen molar-refractivity contribution in [3.8, 4) is 10.6 Å². The Morgan fingerprint density at radius 2 is 1.89 bits per heavy atom. The van der Waals surface area contributed by atoms with E-state index in [1.807, 2.05) is 42.9 Å². The summed E-state index contributed by atoms with van der Waals surface area (Å²) in [4.78, 5) is 6.02. The minimum absolute atomic E-state index is 0.0790. The lowest BCUT2D eigenvalue weighted by Crippen LogP contribution is -2.48. The summed E-state index contributed by atoms with van der Waals surface area (Å²) in [6.07, 6.45) is 6.13. The first-order valence-electron chi connectivity index (χ1n) is 10.3. The Labute approximate surface area is 174 Å². The number of hydrogen-bond donors (Lipinski definition) is 0. The van der Waals surface area contributed by atoms with Crippen molar-refractivity contribution in [2.45, 2.75) is 73.7 Å². The number of hydrogen-bond acceptors (Lipinski definition) is 4. The van der Waals surface area contributed by atoms with E-state index in [0.29, 0.717) is 0 Å². The van der Waals surface area contributed by atoms with E-state index in [2.05, 4.69) is 58.0 Å². The summed E-state index contributed by atoms with van der Waals surface area (Å²) in [5, 5.41) is 6.54. The van der Waals surface area contributed by atoms with Crippen LogP contribution in [0.4, 0.5) is 0 Å². The molecule has 0 saturated carbocycles. The number of fused-ring (bicyclic) bond motifs is 1. The second-order valence-corrected chi connectivity index (χ2v) is 9.01. The molecular weight excluding hydrogens is 365 g/mol. The molecule has 0 aliphatic heterocycles. The molecule has 0 radical (unpaired) electrons. The quantitative estimate of drug-likeness (QED) is 0.462. The summed E-state index contributed by atoms with van der Waals surface area (Å²) in [5.41, 5.74) is 2.72. The molecule has 0 spiro atoms. The predicted octanol–water partition coefficient (Wildman–Crippen LogP) is 5.93. The van der Waals surface area contributed by atoms with Gasteiger partial charge in [-0.05, 0) is 43.2 Å². The Kier molecular flexibility index (Phi) is 7.46. The fraction of sp³-hybridized carbons (Fsp3) is 0.545. The van der Waals surface area contributed by atoms with Crippen LogP contribution in [-0.4, -0.2) is 27.1 Å². The largest absolute Gasteiger partial charge is 0.426 e. The van der Waals surface area contributed by atoms with Gasteiger partial charge >= 0.3 is 6.92 Å². The molecule has 0 unspecified atom stereocenters. The molecule has 4 nitrogen and oxygen atoms in total. The monoisotopic (exact) mass is 399 g/mol. The molecule has 0 aliphatic carbocycles. The summed E-state index contributed by atoms with van der Waals surface area (Å²) < 4.78 is 8.38. The van der Waals surface area contributed by atoms with Crippen LogP contribution in [0.5, 0.6) is 0 Å². The minimum atomic E-state index is -0.248. The van der Waals surface area contributed by atoms with E-state index in [1.54, 1.807) is 11.3 Å². The highest BCUT2D eigenvalue weighted by molar-refractivity contribution is 7.13. The van der Waals surface area contributed by atoms with Gasteiger partial charge in [0.2, 0.25) is 0 Å². The highest BCUT2D eigenvalue weighted by Gasteiger charge is 2.39. The van der Waals surface area contributed by atoms with Gasteiger partial charge in [-0.25, -0.2) is 9.50 Å². The first-order valence-corrected chi connectivity index (χ1v) is 11.2. The fourth-order valence-corrected chi connectivity index (χ4v) is 4.02. The Morgan fingerprint density at radius 1 is 1.18 bits per heavy atom. The second-order valence-electron chi connectivity index (χ2n) is 8.06. The van der Waals surface area contributed by atoms with Gasteiger partial charge in [0.25, 0.3) is 0 Å². The number of aromatic nitrogens is 3. The molecule has 152 valence electrons. The molecule has 0 aromatic carbocycles. The van der Waals surface area contributed by atoms with Crippen molar-refractivity contribution in [2.75, 3.05) is 0 Å². The first kappa shape index (κ1) is 22.6. The highest BCUT2D eigenvalue weighted by Crippen LogP contribution is 2.38. The lowest BCUT2D eigenvalue weighted by molar-refractivity contribution is -0.0168. The maximum absolute atomic E-state index is 6.55. The van der Waals surface area contributed by atoms with Gasteiger partial charge in [0.1, 0.15) is 0 Å². The van der Waals surface area contributed by atoms with Crippen LogP contribution >= 0.6 is 11.3 Å². The van der Waals surface area contributed by atoms with E-state index in [1.165, 1.54) is 0 Å². The first-order chi connectivity index (χ1) is 13.2. The zero-order chi connectivity index (χ0) is 20.9. The molecule has 0 N–H and O–H groups in total. The van der Waals surface area contributed by atoms with Crippen LogP contribution < -0.4 is 5.46 Å². The molecule has 0 bridgehead atoms. The molecule has 0 atom stereocenters. The van der Waals surface area contributed by atoms with Crippen molar-refractivity contribution in [1.82, 2.24) is 14.6 Å². The van der Waals surface area contributed by atoms with Gasteiger partial charge in [-0.15, -0.1) is 11.3 Å². The maximum atomic E-state index is 6.55. The third-order valence-electron chi connectivity index (χ3n) is 5.58. The lowest BCUT2D eigenvalue weighted by atomic mass is 9.62. The van der Waals surface area contributed by atoms with Gasteiger partial charge in [0, 0.05) is 17.9 Å². The van der Waals surface area contributed by atoms with Crippen molar-refractivity contribution in [3.63, 3.8) is 0 Å². The topological polar surface area (TPSA) is 39.4 Å². The molecule has 3 aromatic rings. The van der Waals surface area contributed by atoms with Gasteiger partial charge in [0.15, 0.2) is 5.65 Å². The molecule has 28 heavy (non-hydrogen) atoms. The van der Waals surface area contributed by atoms with E-state index >= 15 is 0 Å². The summed E-state index contributed by atoms with van der Waals surface area (Å²) in [5.74, 6) is 0. The Balaban J connectivity index is 0.00000136. The number of nitrogens with zero attached hydrogens (tertiary/aromatic N) is 3. The molecular formula is C22H34BN3OS. The summed E-state index contributed by atoms with van der Waals surface area (Å²) in [6, 6.07) is 6.15. The SMILES string of the molecule is CC.CCCC(C)(C)C(C)(C)OB(C)c1cnn2ccc(-c3cccs3)nc12. The van der Waals surface area contributed by atoms with E-state index < -0.39 is 0 Å². The number of rotatable bonds is 7. The number of thiophene rings is 1. The third-order valence-corrected chi connectivity index (χ3v) is 6.48. The van der Waals surface area contributed by atoms with Crippen molar-refractivity contribution >= 4 is 29.4 Å². The van der Waals surface area contributed by atoms with Crippen LogP contribution in [0.25, 0.3) is 16.2 Å². The Morgan fingerprint density at radius 3 is 2.50 bits per heavy atom. The molecule has 3 heterocycles. The standard InChI is InChI=1S/C20H28BN3OS.C2H6/c1-7-11-19(2,3)20(4,5)25-21(6)15-14-22-24-12-10-16(23-18(15)24)17-9-8-13-26-17;1-2/h8-10,12-14H,7,11H2,1-6H3;1-2H3. The van der Waals surface area contributed by atoms with E-state index in [0.717, 1.165) is 34.5 Å². The van der Waals surface area contributed by atoms with Crippen LogP contribution in [0, 0.1) is 5.41 Å². The summed E-state index contributed by atoms with van der Waals surface area (Å²) in [6.45, 7) is 17.2. The zero-order valence-electron chi connectivity index (χ0n) is 18.6. The molecule has 6 heteroatoms. The van der Waals surface area contributed by atoms with E-state index in [9.17, 15) is 0 Å². The van der Waals surface area contributed by atoms with Gasteiger partial charge < -0.3 is 4.65 Å². The van der Waals surface area contributed by atoms with Crippen LogP contribution in [0.2, 0.25) is 6.82 Å².